The molecule has 1 aromatic carbocycles. The molecule has 0 bridgehead atoms. The molecule has 0 aliphatic carbocycles. The second-order valence-corrected chi connectivity index (χ2v) is 4.72. The highest BCUT2D eigenvalue weighted by molar-refractivity contribution is 5.90. The number of rotatable bonds is 3. The van der Waals surface area contributed by atoms with Crippen LogP contribution in [-0.2, 0) is 23.7 Å². The molecule has 0 saturated heterocycles. The van der Waals surface area contributed by atoms with Gasteiger partial charge in [-0.05, 0) is 18.2 Å². The zero-order valence-corrected chi connectivity index (χ0v) is 12.0. The van der Waals surface area contributed by atoms with Crippen LogP contribution in [0.25, 0.3) is 0 Å². The molecule has 25 heavy (non-hydrogen) atoms. The number of amides is 1. The Morgan fingerprint density at radius 3 is 2.12 bits per heavy atom. The number of halogens is 6. The molecule has 132 valence electrons. The van der Waals surface area contributed by atoms with Gasteiger partial charge in [0.2, 0.25) is 5.91 Å². The highest BCUT2D eigenvalue weighted by atomic mass is 19.4. The fraction of sp³-hybridized carbons (Fsp3) is 0.231. The number of nitrogens with one attached hydrogen (secondary N) is 1. The van der Waals surface area contributed by atoms with Gasteiger partial charge in [-0.2, -0.15) is 31.6 Å². The maximum atomic E-state index is 12.7. The van der Waals surface area contributed by atoms with Crippen molar-refractivity contribution < 1.29 is 31.1 Å². The summed E-state index contributed by atoms with van der Waals surface area (Å²) in [5, 5.41) is 14.0. The van der Waals surface area contributed by atoms with Crippen molar-refractivity contribution in [1.82, 2.24) is 14.8 Å². The van der Waals surface area contributed by atoms with Gasteiger partial charge in [0, 0.05) is 5.69 Å². The quantitative estimate of drug-likeness (QED) is 0.850. The number of nitrogens with zero attached hydrogens (tertiary/aromatic N) is 4. The number of carbonyl (C=O) groups excluding carboxylic acids is 1. The van der Waals surface area contributed by atoms with Crippen LogP contribution in [-0.4, -0.2) is 20.7 Å². The standard InChI is InChI=1S/C13H7F6N5O/c14-12(15,16)7-1-8(13(17,18)19)3-9(2-7)22-11(25)5-24-6-21-10(4-20)23-24/h1-3,6H,5H2,(H,22,25). The van der Waals surface area contributed by atoms with E-state index in [1.165, 1.54) is 0 Å². The number of nitriles is 1. The number of carbonyl (C=O) groups is 1. The number of aromatic nitrogens is 3. The maximum absolute atomic E-state index is 12.7. The number of hydrogen-bond acceptors (Lipinski definition) is 4. The summed E-state index contributed by atoms with van der Waals surface area (Å²) in [5.41, 5.74) is -3.77. The van der Waals surface area contributed by atoms with Crippen molar-refractivity contribution in [2.24, 2.45) is 0 Å². The van der Waals surface area contributed by atoms with E-state index in [-0.39, 0.29) is 11.9 Å². The first-order valence-corrected chi connectivity index (χ1v) is 6.38. The molecule has 0 aliphatic heterocycles. The molecule has 0 fully saturated rings. The predicted octanol–water partition coefficient (Wildman–Crippen LogP) is 2.83. The predicted molar refractivity (Wildman–Crippen MR) is 69.8 cm³/mol. The highest BCUT2D eigenvalue weighted by Crippen LogP contribution is 2.37. The summed E-state index contributed by atoms with van der Waals surface area (Å²) in [6.45, 7) is -0.549. The third kappa shape index (κ3) is 4.69. The van der Waals surface area contributed by atoms with E-state index < -0.39 is 41.6 Å². The summed E-state index contributed by atoms with van der Waals surface area (Å²) in [5.74, 6) is -1.19. The van der Waals surface area contributed by atoms with Crippen LogP contribution >= 0.6 is 0 Å². The van der Waals surface area contributed by atoms with Gasteiger partial charge in [0.1, 0.15) is 18.9 Å². The first-order valence-electron chi connectivity index (χ1n) is 6.38. The van der Waals surface area contributed by atoms with E-state index in [0.717, 1.165) is 11.0 Å². The lowest BCUT2D eigenvalue weighted by Crippen LogP contribution is -2.20. The smallest absolute Gasteiger partial charge is 0.324 e. The van der Waals surface area contributed by atoms with Crippen molar-refractivity contribution in [3.63, 3.8) is 0 Å². The molecule has 0 spiro atoms. The first kappa shape index (κ1) is 18.2. The minimum absolute atomic E-state index is 0.0493. The summed E-state index contributed by atoms with van der Waals surface area (Å²) in [7, 11) is 0. The Hall–Kier alpha value is -3.10. The van der Waals surface area contributed by atoms with Crippen LogP contribution in [0.15, 0.2) is 24.5 Å². The normalized spacial score (nSPS) is 11.9. The Labute approximate surface area is 135 Å². The third-order valence-electron chi connectivity index (χ3n) is 2.81. The van der Waals surface area contributed by atoms with Gasteiger partial charge in [-0.15, -0.1) is 5.10 Å². The average Bonchev–Trinajstić information content (AvgIpc) is 2.92. The topological polar surface area (TPSA) is 83.6 Å². The van der Waals surface area contributed by atoms with Gasteiger partial charge in [0.05, 0.1) is 11.1 Å². The number of anilines is 1. The second kappa shape index (κ2) is 6.42. The lowest BCUT2D eigenvalue weighted by Gasteiger charge is -2.14. The molecule has 0 unspecified atom stereocenters. The van der Waals surface area contributed by atoms with Crippen LogP contribution in [0, 0.1) is 11.3 Å². The first-order chi connectivity index (χ1) is 11.5. The molecule has 1 heterocycles. The number of alkyl halides is 6. The lowest BCUT2D eigenvalue weighted by molar-refractivity contribution is -0.143. The molecule has 0 atom stereocenters. The van der Waals surface area contributed by atoms with Gasteiger partial charge in [0.25, 0.3) is 5.82 Å². The summed E-state index contributed by atoms with van der Waals surface area (Å²) in [6.07, 6.45) is -9.02. The lowest BCUT2D eigenvalue weighted by atomic mass is 10.1. The van der Waals surface area contributed by atoms with Gasteiger partial charge in [-0.25, -0.2) is 9.67 Å². The summed E-state index contributed by atoms with van der Waals surface area (Å²) >= 11 is 0. The Balaban J connectivity index is 2.25. The molecular formula is C13H7F6N5O. The zero-order valence-electron chi connectivity index (χ0n) is 12.0. The van der Waals surface area contributed by atoms with Crippen molar-refractivity contribution in [2.75, 3.05) is 5.32 Å². The molecule has 12 heteroatoms. The van der Waals surface area contributed by atoms with Gasteiger partial charge < -0.3 is 5.32 Å². The largest absolute Gasteiger partial charge is 0.416 e. The molecule has 2 aromatic rings. The number of benzene rings is 1. The molecule has 1 aromatic heterocycles. The van der Waals surface area contributed by atoms with Crippen LogP contribution in [0.2, 0.25) is 0 Å². The van der Waals surface area contributed by atoms with Gasteiger partial charge in [0.15, 0.2) is 0 Å². The SMILES string of the molecule is N#Cc1ncn(CC(=O)Nc2cc(C(F)(F)F)cc(C(F)(F)F)c2)n1. The van der Waals surface area contributed by atoms with E-state index in [1.807, 2.05) is 5.32 Å². The van der Waals surface area contributed by atoms with E-state index in [1.54, 1.807) is 6.07 Å². The van der Waals surface area contributed by atoms with Crippen LogP contribution in [0.1, 0.15) is 17.0 Å². The Morgan fingerprint density at radius 1 is 1.12 bits per heavy atom. The van der Waals surface area contributed by atoms with Crippen molar-refractivity contribution in [3.8, 4) is 6.07 Å². The fourth-order valence-electron chi connectivity index (χ4n) is 1.80. The van der Waals surface area contributed by atoms with Gasteiger partial charge in [-0.1, -0.05) is 0 Å². The van der Waals surface area contributed by atoms with Crippen LogP contribution in [0.5, 0.6) is 0 Å². The fourth-order valence-corrected chi connectivity index (χ4v) is 1.80. The molecular weight excluding hydrogens is 356 g/mol. The monoisotopic (exact) mass is 363 g/mol. The molecule has 1 amide bonds. The van der Waals surface area contributed by atoms with Crippen molar-refractivity contribution >= 4 is 11.6 Å². The third-order valence-corrected chi connectivity index (χ3v) is 2.81. The van der Waals surface area contributed by atoms with Gasteiger partial charge >= 0.3 is 12.4 Å². The Bertz CT molecular complexity index is 800. The van der Waals surface area contributed by atoms with Crippen molar-refractivity contribution in [1.29, 1.82) is 5.26 Å². The van der Waals surface area contributed by atoms with Crippen molar-refractivity contribution in [2.45, 2.75) is 18.9 Å². The van der Waals surface area contributed by atoms with E-state index in [0.29, 0.717) is 12.1 Å². The average molecular weight is 363 g/mol. The molecule has 0 saturated carbocycles. The van der Waals surface area contributed by atoms with E-state index in [9.17, 15) is 31.1 Å². The van der Waals surface area contributed by atoms with Crippen LogP contribution in [0.3, 0.4) is 0 Å². The Morgan fingerprint density at radius 2 is 1.68 bits per heavy atom. The molecule has 2 rings (SSSR count). The van der Waals surface area contributed by atoms with Gasteiger partial charge in [-0.3, -0.25) is 4.79 Å². The summed E-state index contributed by atoms with van der Waals surface area (Å²) in [4.78, 5) is 15.3. The minimum atomic E-state index is -5.02. The minimum Gasteiger partial charge on any atom is -0.324 e. The zero-order chi connectivity index (χ0) is 18.8. The molecule has 0 aliphatic rings. The molecule has 1 N–H and O–H groups in total. The number of hydrogen-bond donors (Lipinski definition) is 1. The van der Waals surface area contributed by atoms with E-state index in [2.05, 4.69) is 10.1 Å². The summed E-state index contributed by atoms with van der Waals surface area (Å²) in [6, 6.07) is 2.31. The second-order valence-electron chi connectivity index (χ2n) is 4.72. The van der Waals surface area contributed by atoms with E-state index in [4.69, 9.17) is 5.26 Å². The maximum Gasteiger partial charge on any atom is 0.416 e. The molecule has 6 nitrogen and oxygen atoms in total. The van der Waals surface area contributed by atoms with Crippen LogP contribution < -0.4 is 5.32 Å². The van der Waals surface area contributed by atoms with Crippen molar-refractivity contribution in [3.05, 3.63) is 41.5 Å². The van der Waals surface area contributed by atoms with E-state index >= 15 is 0 Å². The summed E-state index contributed by atoms with van der Waals surface area (Å²) < 4.78 is 77.3. The molecule has 0 radical (unpaired) electrons. The van der Waals surface area contributed by atoms with Crippen LogP contribution in [0.4, 0.5) is 32.0 Å². The Kier molecular flexibility index (Phi) is 4.69. The highest BCUT2D eigenvalue weighted by Gasteiger charge is 2.37.